The molecule has 0 radical (unpaired) electrons. The van der Waals surface area contributed by atoms with Crippen molar-refractivity contribution in [1.82, 2.24) is 5.32 Å². The molecular weight excluding hydrogens is 276 g/mol. The molecule has 0 spiro atoms. The van der Waals surface area contributed by atoms with Gasteiger partial charge in [-0.25, -0.2) is 0 Å². The van der Waals surface area contributed by atoms with Crippen LogP contribution in [-0.4, -0.2) is 27.9 Å². The Morgan fingerprint density at radius 1 is 1.33 bits per heavy atom. The number of hydrogen-bond acceptors (Lipinski definition) is 5. The van der Waals surface area contributed by atoms with Crippen LogP contribution in [0.15, 0.2) is 24.3 Å². The molecule has 1 aliphatic rings. The zero-order valence-corrected chi connectivity index (χ0v) is 11.6. The largest absolute Gasteiger partial charge is 0.350 e. The lowest BCUT2D eigenvalue weighted by Gasteiger charge is -2.33. The highest BCUT2D eigenvalue weighted by atomic mass is 16.6. The minimum Gasteiger partial charge on any atom is -0.350 e. The van der Waals surface area contributed by atoms with Gasteiger partial charge in [0.25, 0.3) is 5.69 Å². The molecule has 1 atom stereocenters. The normalized spacial score (nSPS) is 20.8. The van der Waals surface area contributed by atoms with Crippen molar-refractivity contribution in [3.05, 3.63) is 39.9 Å². The van der Waals surface area contributed by atoms with Crippen LogP contribution in [0.3, 0.4) is 0 Å². The zero-order chi connectivity index (χ0) is 15.8. The van der Waals surface area contributed by atoms with Gasteiger partial charge in [-0.05, 0) is 19.9 Å². The Balaban J connectivity index is 2.39. The van der Waals surface area contributed by atoms with E-state index in [1.807, 2.05) is 0 Å². The van der Waals surface area contributed by atoms with Gasteiger partial charge < -0.3 is 5.32 Å². The summed E-state index contributed by atoms with van der Waals surface area (Å²) in [5.41, 5.74) is -1.35. The molecule has 0 saturated carbocycles. The highest BCUT2D eigenvalue weighted by molar-refractivity contribution is 6.25. The fourth-order valence-corrected chi connectivity index (χ4v) is 2.40. The monoisotopic (exact) mass is 290 g/mol. The Hall–Kier alpha value is -2.57. The smallest absolute Gasteiger partial charge is 0.280 e. The van der Waals surface area contributed by atoms with Crippen molar-refractivity contribution < 1.29 is 19.3 Å². The van der Waals surface area contributed by atoms with Crippen LogP contribution in [0.4, 0.5) is 5.69 Å². The van der Waals surface area contributed by atoms with Gasteiger partial charge in [-0.2, -0.15) is 0 Å². The highest BCUT2D eigenvalue weighted by Gasteiger charge is 2.44. The summed E-state index contributed by atoms with van der Waals surface area (Å²) in [7, 11) is 0. The van der Waals surface area contributed by atoms with Crippen LogP contribution in [-0.2, 0) is 9.59 Å². The number of ketones is 2. The van der Waals surface area contributed by atoms with E-state index in [9.17, 15) is 24.5 Å². The summed E-state index contributed by atoms with van der Waals surface area (Å²) in [5.74, 6) is -3.58. The Kier molecular flexibility index (Phi) is 3.59. The molecular formula is C14H14N2O5. The predicted octanol–water partition coefficient (Wildman–Crippen LogP) is 1.26. The fraction of sp³-hybridized carbons (Fsp3) is 0.357. The topological polar surface area (TPSA) is 106 Å². The number of hydrogen-bond donors (Lipinski definition) is 1. The van der Waals surface area contributed by atoms with Gasteiger partial charge in [-0.1, -0.05) is 12.1 Å². The van der Waals surface area contributed by atoms with Gasteiger partial charge in [0.1, 0.15) is 0 Å². The summed E-state index contributed by atoms with van der Waals surface area (Å²) < 4.78 is 0. The summed E-state index contributed by atoms with van der Waals surface area (Å²) >= 11 is 0. The van der Waals surface area contributed by atoms with Gasteiger partial charge in [-0.3, -0.25) is 24.5 Å². The third-order valence-electron chi connectivity index (χ3n) is 3.29. The van der Waals surface area contributed by atoms with E-state index in [0.717, 1.165) is 0 Å². The number of nitro groups is 1. The SMILES string of the molecule is CC1(C)CC(=O)C(C(=O)c2ccccc2[N+](=O)[O-])C(=O)N1. The van der Waals surface area contributed by atoms with Crippen LogP contribution in [0.5, 0.6) is 0 Å². The maximum atomic E-state index is 12.4. The number of rotatable bonds is 3. The van der Waals surface area contributed by atoms with Crippen molar-refractivity contribution in [2.24, 2.45) is 5.92 Å². The molecule has 2 rings (SSSR count). The minimum absolute atomic E-state index is 0.00970. The maximum absolute atomic E-state index is 12.4. The molecule has 0 bridgehead atoms. The molecule has 7 nitrogen and oxygen atoms in total. The van der Waals surface area contributed by atoms with Crippen LogP contribution < -0.4 is 5.32 Å². The number of Topliss-reactive ketones (excluding diaryl/α,β-unsaturated/α-hetero) is 2. The quantitative estimate of drug-likeness (QED) is 0.390. The second-order valence-corrected chi connectivity index (χ2v) is 5.59. The van der Waals surface area contributed by atoms with Crippen LogP contribution in [0.1, 0.15) is 30.6 Å². The molecule has 1 heterocycles. The molecule has 0 aromatic heterocycles. The van der Waals surface area contributed by atoms with Gasteiger partial charge in [0.05, 0.1) is 10.5 Å². The third kappa shape index (κ3) is 2.81. The van der Waals surface area contributed by atoms with Crippen LogP contribution in [0, 0.1) is 16.0 Å². The van der Waals surface area contributed by atoms with E-state index in [0.29, 0.717) is 0 Å². The number of carbonyl (C=O) groups is 3. The van der Waals surface area contributed by atoms with Crippen LogP contribution in [0.25, 0.3) is 0 Å². The van der Waals surface area contributed by atoms with E-state index in [1.54, 1.807) is 13.8 Å². The summed E-state index contributed by atoms with van der Waals surface area (Å²) in [4.78, 5) is 46.7. The minimum atomic E-state index is -1.51. The number of nitrogens with one attached hydrogen (secondary N) is 1. The van der Waals surface area contributed by atoms with Gasteiger partial charge >= 0.3 is 0 Å². The van der Waals surface area contributed by atoms with Crippen molar-refractivity contribution in [2.75, 3.05) is 0 Å². The molecule has 1 aromatic rings. The first-order valence-electron chi connectivity index (χ1n) is 6.35. The van der Waals surface area contributed by atoms with E-state index in [-0.39, 0.29) is 12.0 Å². The first kappa shape index (κ1) is 14.8. The molecule has 1 saturated heterocycles. The zero-order valence-electron chi connectivity index (χ0n) is 11.6. The lowest BCUT2D eigenvalue weighted by atomic mass is 9.81. The number of benzene rings is 1. The molecule has 110 valence electrons. The molecule has 1 fully saturated rings. The molecule has 1 aromatic carbocycles. The first-order chi connectivity index (χ1) is 9.73. The average molecular weight is 290 g/mol. The van der Waals surface area contributed by atoms with E-state index in [2.05, 4.69) is 5.32 Å². The number of nitro benzene ring substituents is 1. The second kappa shape index (κ2) is 5.08. The first-order valence-corrected chi connectivity index (χ1v) is 6.35. The maximum Gasteiger partial charge on any atom is 0.280 e. The van der Waals surface area contributed by atoms with Gasteiger partial charge in [0.2, 0.25) is 5.91 Å². The van der Waals surface area contributed by atoms with Crippen molar-refractivity contribution in [3.63, 3.8) is 0 Å². The summed E-state index contributed by atoms with van der Waals surface area (Å²) in [6.45, 7) is 3.35. The van der Waals surface area contributed by atoms with E-state index in [1.165, 1.54) is 24.3 Å². The summed E-state index contributed by atoms with van der Waals surface area (Å²) in [5, 5.41) is 13.5. The second-order valence-electron chi connectivity index (χ2n) is 5.59. The van der Waals surface area contributed by atoms with E-state index in [4.69, 9.17) is 0 Å². The Morgan fingerprint density at radius 2 is 1.95 bits per heavy atom. The molecule has 1 aliphatic heterocycles. The summed E-state index contributed by atoms with van der Waals surface area (Å²) in [6, 6.07) is 5.29. The average Bonchev–Trinajstić information content (AvgIpc) is 2.36. The van der Waals surface area contributed by atoms with E-state index >= 15 is 0 Å². The van der Waals surface area contributed by atoms with E-state index < -0.39 is 39.5 Å². The van der Waals surface area contributed by atoms with Crippen LogP contribution >= 0.6 is 0 Å². The number of amides is 1. The molecule has 1 amide bonds. The van der Waals surface area contributed by atoms with Crippen molar-refractivity contribution >= 4 is 23.2 Å². The molecule has 1 unspecified atom stereocenters. The molecule has 7 heteroatoms. The van der Waals surface area contributed by atoms with Crippen molar-refractivity contribution in [2.45, 2.75) is 25.8 Å². The number of carbonyl (C=O) groups excluding carboxylic acids is 3. The number of para-hydroxylation sites is 1. The lowest BCUT2D eigenvalue weighted by Crippen LogP contribution is -2.56. The predicted molar refractivity (Wildman–Crippen MR) is 72.8 cm³/mol. The summed E-state index contributed by atoms with van der Waals surface area (Å²) in [6.07, 6.45) is 0.00970. The molecule has 0 aliphatic carbocycles. The fourth-order valence-electron chi connectivity index (χ4n) is 2.40. The third-order valence-corrected chi connectivity index (χ3v) is 3.29. The highest BCUT2D eigenvalue weighted by Crippen LogP contribution is 2.26. The standard InChI is InChI=1S/C14H14N2O5/c1-14(2)7-10(17)11(13(19)15-14)12(18)8-5-3-4-6-9(8)16(20)21/h3-6,11H,7H2,1-2H3,(H,15,19). The Labute approximate surface area is 120 Å². The van der Waals surface area contributed by atoms with Crippen molar-refractivity contribution in [1.29, 1.82) is 0 Å². The number of piperidine rings is 1. The van der Waals surface area contributed by atoms with Gasteiger partial charge in [-0.15, -0.1) is 0 Å². The molecule has 21 heavy (non-hydrogen) atoms. The van der Waals surface area contributed by atoms with Gasteiger partial charge in [0, 0.05) is 18.0 Å². The van der Waals surface area contributed by atoms with Gasteiger partial charge in [0.15, 0.2) is 17.5 Å². The Morgan fingerprint density at radius 3 is 2.52 bits per heavy atom. The Bertz CT molecular complexity index is 631. The molecule has 1 N–H and O–H groups in total. The van der Waals surface area contributed by atoms with Crippen LogP contribution in [0.2, 0.25) is 0 Å². The van der Waals surface area contributed by atoms with Crippen molar-refractivity contribution in [3.8, 4) is 0 Å². The number of nitrogens with zero attached hydrogens (tertiary/aromatic N) is 1. The lowest BCUT2D eigenvalue weighted by molar-refractivity contribution is -0.385.